The fourth-order valence-electron chi connectivity index (χ4n) is 1.43. The molecule has 0 aliphatic carbocycles. The van der Waals surface area contributed by atoms with Gasteiger partial charge in [0, 0.05) is 6.42 Å². The highest BCUT2D eigenvalue weighted by atomic mass is 16.3. The van der Waals surface area contributed by atoms with Gasteiger partial charge in [0.05, 0.1) is 6.10 Å². The molecule has 0 spiro atoms. The summed E-state index contributed by atoms with van der Waals surface area (Å²) in [5.41, 5.74) is 0.881. The average Bonchev–Trinajstić information content (AvgIpc) is 2.15. The molecule has 0 saturated heterocycles. The predicted molar refractivity (Wildman–Crippen MR) is 57.7 cm³/mol. The Hall–Kier alpha value is -1.35. The molecule has 1 rings (SSSR count). The summed E-state index contributed by atoms with van der Waals surface area (Å²) >= 11 is 0. The highest BCUT2D eigenvalue weighted by molar-refractivity contribution is 5.75. The number of aliphatic hydroxyl groups is 1. The van der Waals surface area contributed by atoms with Gasteiger partial charge < -0.3 is 15.0 Å². The number of rotatable bonds is 5. The van der Waals surface area contributed by atoms with Gasteiger partial charge in [0.25, 0.3) is 0 Å². The maximum Gasteiger partial charge on any atom is 0.129 e. The van der Waals surface area contributed by atoms with Crippen molar-refractivity contribution in [2.75, 3.05) is 0 Å². The van der Waals surface area contributed by atoms with Crippen molar-refractivity contribution in [3.05, 3.63) is 29.8 Å². The Bertz CT molecular complexity index is 333. The van der Waals surface area contributed by atoms with Crippen LogP contribution in [0.25, 0.3) is 0 Å². The summed E-state index contributed by atoms with van der Waals surface area (Å²) in [5.74, 6) is 0.288. The van der Waals surface area contributed by atoms with Crippen molar-refractivity contribution in [2.45, 2.75) is 32.3 Å². The Morgan fingerprint density at radius 2 is 2.20 bits per heavy atom. The number of aromatic hydroxyl groups is 1. The molecule has 3 nitrogen and oxygen atoms in total. The summed E-state index contributed by atoms with van der Waals surface area (Å²) in [6.45, 7) is 1.51. The van der Waals surface area contributed by atoms with Crippen molar-refractivity contribution in [1.29, 1.82) is 0 Å². The lowest BCUT2D eigenvalue weighted by atomic mass is 10.0. The van der Waals surface area contributed by atoms with E-state index in [0.717, 1.165) is 5.56 Å². The molecular formula is C12H16O3. The van der Waals surface area contributed by atoms with Gasteiger partial charge in [-0.15, -0.1) is 0 Å². The number of hydrogen-bond donors (Lipinski definition) is 2. The van der Waals surface area contributed by atoms with E-state index in [0.29, 0.717) is 19.3 Å². The molecule has 1 atom stereocenters. The Kier molecular flexibility index (Phi) is 4.31. The summed E-state index contributed by atoms with van der Waals surface area (Å²) < 4.78 is 0. The van der Waals surface area contributed by atoms with Crippen LogP contribution in [0, 0.1) is 0 Å². The normalized spacial score (nSPS) is 12.4. The lowest BCUT2D eigenvalue weighted by Crippen LogP contribution is -2.11. The number of carbonyl (C=O) groups is 1. The van der Waals surface area contributed by atoms with Crippen molar-refractivity contribution >= 4 is 5.78 Å². The van der Waals surface area contributed by atoms with Gasteiger partial charge >= 0.3 is 0 Å². The van der Waals surface area contributed by atoms with Gasteiger partial charge in [0.1, 0.15) is 11.5 Å². The zero-order chi connectivity index (χ0) is 11.3. The molecule has 1 aromatic carbocycles. The molecule has 15 heavy (non-hydrogen) atoms. The van der Waals surface area contributed by atoms with E-state index in [1.165, 1.54) is 6.92 Å². The molecule has 0 radical (unpaired) electrons. The average molecular weight is 208 g/mol. The van der Waals surface area contributed by atoms with Gasteiger partial charge in [-0.25, -0.2) is 0 Å². The van der Waals surface area contributed by atoms with E-state index in [2.05, 4.69) is 0 Å². The van der Waals surface area contributed by atoms with E-state index in [1.807, 2.05) is 6.07 Å². The Morgan fingerprint density at radius 1 is 1.47 bits per heavy atom. The smallest absolute Gasteiger partial charge is 0.129 e. The number of hydrogen-bond acceptors (Lipinski definition) is 3. The second-order valence-electron chi connectivity index (χ2n) is 3.77. The van der Waals surface area contributed by atoms with Crippen LogP contribution in [0.3, 0.4) is 0 Å². The van der Waals surface area contributed by atoms with Gasteiger partial charge in [0.15, 0.2) is 0 Å². The SMILES string of the molecule is CC(=O)CCC(O)Cc1cccc(O)c1. The molecule has 82 valence electrons. The minimum Gasteiger partial charge on any atom is -0.508 e. The van der Waals surface area contributed by atoms with Gasteiger partial charge in [-0.2, -0.15) is 0 Å². The first-order chi connectivity index (χ1) is 7.08. The molecule has 0 heterocycles. The molecule has 1 aromatic rings. The van der Waals surface area contributed by atoms with Crippen molar-refractivity contribution in [3.63, 3.8) is 0 Å². The molecule has 0 aromatic heterocycles. The fraction of sp³-hybridized carbons (Fsp3) is 0.417. The van der Waals surface area contributed by atoms with Crippen LogP contribution in [0.2, 0.25) is 0 Å². The van der Waals surface area contributed by atoms with Crippen molar-refractivity contribution in [1.82, 2.24) is 0 Å². The molecule has 0 aliphatic heterocycles. The minimum atomic E-state index is -0.518. The van der Waals surface area contributed by atoms with Crippen molar-refractivity contribution in [3.8, 4) is 5.75 Å². The number of phenols is 1. The molecule has 1 unspecified atom stereocenters. The van der Waals surface area contributed by atoms with Crippen LogP contribution in [-0.4, -0.2) is 22.1 Å². The summed E-state index contributed by atoms with van der Waals surface area (Å²) in [7, 11) is 0. The van der Waals surface area contributed by atoms with E-state index < -0.39 is 6.10 Å². The maximum atomic E-state index is 10.7. The van der Waals surface area contributed by atoms with Gasteiger partial charge in [-0.05, 0) is 37.5 Å². The largest absolute Gasteiger partial charge is 0.508 e. The number of carbonyl (C=O) groups excluding carboxylic acids is 1. The lowest BCUT2D eigenvalue weighted by Gasteiger charge is -2.09. The topological polar surface area (TPSA) is 57.5 Å². The summed E-state index contributed by atoms with van der Waals surface area (Å²) in [5, 5.41) is 18.8. The maximum absolute atomic E-state index is 10.7. The minimum absolute atomic E-state index is 0.0879. The number of phenolic OH excluding ortho intramolecular Hbond substituents is 1. The number of ketones is 1. The quantitative estimate of drug-likeness (QED) is 0.773. The third kappa shape index (κ3) is 4.61. The molecule has 0 bridgehead atoms. The number of aliphatic hydroxyl groups excluding tert-OH is 1. The van der Waals surface area contributed by atoms with E-state index in [9.17, 15) is 15.0 Å². The standard InChI is InChI=1S/C12H16O3/c1-9(13)5-6-12(15)8-10-3-2-4-11(14)7-10/h2-4,7,12,14-15H,5-6,8H2,1H3. The monoisotopic (exact) mass is 208 g/mol. The first-order valence-corrected chi connectivity index (χ1v) is 5.03. The van der Waals surface area contributed by atoms with Crippen LogP contribution in [0.1, 0.15) is 25.3 Å². The highest BCUT2D eigenvalue weighted by Gasteiger charge is 2.07. The third-order valence-corrected chi connectivity index (χ3v) is 2.21. The van der Waals surface area contributed by atoms with Gasteiger partial charge in [-0.1, -0.05) is 12.1 Å². The third-order valence-electron chi connectivity index (χ3n) is 2.21. The Morgan fingerprint density at radius 3 is 2.80 bits per heavy atom. The van der Waals surface area contributed by atoms with E-state index in [1.54, 1.807) is 18.2 Å². The fourth-order valence-corrected chi connectivity index (χ4v) is 1.43. The number of benzene rings is 1. The molecule has 3 heteroatoms. The molecule has 0 fully saturated rings. The van der Waals surface area contributed by atoms with Crippen LogP contribution < -0.4 is 0 Å². The Balaban J connectivity index is 2.44. The zero-order valence-corrected chi connectivity index (χ0v) is 8.81. The first kappa shape index (κ1) is 11.7. The Labute approximate surface area is 89.4 Å². The lowest BCUT2D eigenvalue weighted by molar-refractivity contribution is -0.117. The molecule has 0 aliphatic rings. The predicted octanol–water partition coefficient (Wildman–Crippen LogP) is 1.66. The molecule has 0 saturated carbocycles. The highest BCUT2D eigenvalue weighted by Crippen LogP contribution is 2.14. The number of Topliss-reactive ketones (excluding diaryl/α,β-unsaturated/α-hetero) is 1. The molecular weight excluding hydrogens is 192 g/mol. The molecule has 0 amide bonds. The summed E-state index contributed by atoms with van der Waals surface area (Å²) in [6.07, 6.45) is 0.836. The van der Waals surface area contributed by atoms with Gasteiger partial charge in [-0.3, -0.25) is 0 Å². The van der Waals surface area contributed by atoms with Gasteiger partial charge in [0.2, 0.25) is 0 Å². The van der Waals surface area contributed by atoms with E-state index in [4.69, 9.17) is 0 Å². The van der Waals surface area contributed by atoms with Crippen LogP contribution >= 0.6 is 0 Å². The van der Waals surface area contributed by atoms with Crippen LogP contribution in [0.4, 0.5) is 0 Å². The van der Waals surface area contributed by atoms with E-state index >= 15 is 0 Å². The zero-order valence-electron chi connectivity index (χ0n) is 8.81. The first-order valence-electron chi connectivity index (χ1n) is 5.03. The van der Waals surface area contributed by atoms with Crippen molar-refractivity contribution in [2.24, 2.45) is 0 Å². The van der Waals surface area contributed by atoms with Crippen LogP contribution in [0.15, 0.2) is 24.3 Å². The van der Waals surface area contributed by atoms with Crippen LogP contribution in [0.5, 0.6) is 5.75 Å². The van der Waals surface area contributed by atoms with Crippen LogP contribution in [-0.2, 0) is 11.2 Å². The molecule has 2 N–H and O–H groups in total. The second-order valence-corrected chi connectivity index (χ2v) is 3.77. The summed E-state index contributed by atoms with van der Waals surface area (Å²) in [6, 6.07) is 6.79. The van der Waals surface area contributed by atoms with E-state index in [-0.39, 0.29) is 11.5 Å². The summed E-state index contributed by atoms with van der Waals surface area (Å²) in [4.78, 5) is 10.7. The van der Waals surface area contributed by atoms with Crippen molar-refractivity contribution < 1.29 is 15.0 Å². The second kappa shape index (κ2) is 5.51.